The second-order valence-corrected chi connectivity index (χ2v) is 5.55. The molecule has 96 valence electrons. The van der Waals surface area contributed by atoms with Gasteiger partial charge in [-0.2, -0.15) is 0 Å². The van der Waals surface area contributed by atoms with Crippen LogP contribution in [0.15, 0.2) is 17.8 Å². The van der Waals surface area contributed by atoms with E-state index < -0.39 is 0 Å². The second-order valence-electron chi connectivity index (χ2n) is 4.66. The molecule has 0 radical (unpaired) electrons. The van der Waals surface area contributed by atoms with Gasteiger partial charge in [-0.1, -0.05) is 0 Å². The summed E-state index contributed by atoms with van der Waals surface area (Å²) in [5.41, 5.74) is 0. The van der Waals surface area contributed by atoms with Crippen LogP contribution in [0.5, 0.6) is 0 Å². The molecule has 1 N–H and O–H groups in total. The van der Waals surface area contributed by atoms with Gasteiger partial charge in [0.1, 0.15) is 17.0 Å². The van der Waals surface area contributed by atoms with Crippen LogP contribution in [0.2, 0.25) is 0 Å². The molecule has 1 aliphatic carbocycles. The zero-order chi connectivity index (χ0) is 12.2. The van der Waals surface area contributed by atoms with E-state index in [1.807, 2.05) is 5.38 Å². The molecule has 18 heavy (non-hydrogen) atoms. The van der Waals surface area contributed by atoms with Crippen LogP contribution in [-0.2, 0) is 4.74 Å². The van der Waals surface area contributed by atoms with Crippen LogP contribution in [0.1, 0.15) is 19.3 Å². The maximum Gasteiger partial charge on any atom is 0.138 e. The first kappa shape index (κ1) is 11.9. The van der Waals surface area contributed by atoms with Crippen molar-refractivity contribution in [2.24, 2.45) is 5.92 Å². The first-order valence-electron chi connectivity index (χ1n) is 6.43. The van der Waals surface area contributed by atoms with Crippen LogP contribution in [0.4, 0.5) is 5.82 Å². The van der Waals surface area contributed by atoms with E-state index in [4.69, 9.17) is 4.74 Å². The summed E-state index contributed by atoms with van der Waals surface area (Å²) in [7, 11) is 0. The van der Waals surface area contributed by atoms with Gasteiger partial charge < -0.3 is 10.1 Å². The average Bonchev–Trinajstić information content (AvgIpc) is 3.08. The zero-order valence-corrected chi connectivity index (χ0v) is 11.1. The number of nitrogens with one attached hydrogen (secondary N) is 1. The molecule has 0 bridgehead atoms. The van der Waals surface area contributed by atoms with Crippen molar-refractivity contribution in [3.8, 4) is 0 Å². The molecule has 1 saturated carbocycles. The highest BCUT2D eigenvalue weighted by molar-refractivity contribution is 7.16. The Kier molecular flexibility index (Phi) is 3.71. The summed E-state index contributed by atoms with van der Waals surface area (Å²) in [5.74, 6) is 1.79. The number of nitrogens with zero attached hydrogens (tertiary/aromatic N) is 2. The minimum atomic E-state index is 0.835. The molecule has 0 amide bonds. The fourth-order valence-electron chi connectivity index (χ4n) is 1.85. The standard InChI is InChI=1S/C13H17N3OS/c1(6-17-8-10-2-3-10)5-14-12-11-4-7-18-13(11)16-9-15-12/h4,7,9-10H,1-3,5-6,8H2,(H,14,15,16). The van der Waals surface area contributed by atoms with Gasteiger partial charge in [-0.3, -0.25) is 0 Å². The van der Waals surface area contributed by atoms with Gasteiger partial charge in [-0.15, -0.1) is 11.3 Å². The molecule has 0 unspecified atom stereocenters. The number of anilines is 1. The van der Waals surface area contributed by atoms with E-state index >= 15 is 0 Å². The molecule has 2 aromatic rings. The molecule has 2 heterocycles. The van der Waals surface area contributed by atoms with E-state index in [2.05, 4.69) is 21.4 Å². The summed E-state index contributed by atoms with van der Waals surface area (Å²) in [6.07, 6.45) is 5.35. The molecular weight excluding hydrogens is 246 g/mol. The fraction of sp³-hybridized carbons (Fsp3) is 0.538. The number of fused-ring (bicyclic) bond motifs is 1. The van der Waals surface area contributed by atoms with Crippen LogP contribution >= 0.6 is 11.3 Å². The second kappa shape index (κ2) is 5.63. The number of ether oxygens (including phenoxy) is 1. The normalized spacial score (nSPS) is 15.1. The lowest BCUT2D eigenvalue weighted by Crippen LogP contribution is -2.08. The maximum absolute atomic E-state index is 5.60. The van der Waals surface area contributed by atoms with Crippen molar-refractivity contribution in [2.45, 2.75) is 19.3 Å². The van der Waals surface area contributed by atoms with Crippen molar-refractivity contribution >= 4 is 27.4 Å². The zero-order valence-electron chi connectivity index (χ0n) is 10.3. The third-order valence-electron chi connectivity index (χ3n) is 3.07. The summed E-state index contributed by atoms with van der Waals surface area (Å²) in [5, 5.41) is 6.51. The van der Waals surface area contributed by atoms with E-state index in [1.165, 1.54) is 12.8 Å². The minimum absolute atomic E-state index is 0.835. The third-order valence-corrected chi connectivity index (χ3v) is 3.89. The summed E-state index contributed by atoms with van der Waals surface area (Å²) in [6, 6.07) is 2.06. The smallest absolute Gasteiger partial charge is 0.138 e. The molecule has 5 heteroatoms. The first-order valence-corrected chi connectivity index (χ1v) is 7.31. The maximum atomic E-state index is 5.60. The van der Waals surface area contributed by atoms with Gasteiger partial charge in [0.05, 0.1) is 5.39 Å². The van der Waals surface area contributed by atoms with Crippen LogP contribution in [0, 0.1) is 5.92 Å². The number of hydrogen-bond acceptors (Lipinski definition) is 5. The van der Waals surface area contributed by atoms with Crippen molar-refractivity contribution in [1.29, 1.82) is 0 Å². The lowest BCUT2D eigenvalue weighted by molar-refractivity contribution is 0.124. The predicted octanol–water partition coefficient (Wildman–Crippen LogP) is 2.92. The summed E-state index contributed by atoms with van der Waals surface area (Å²) < 4.78 is 5.60. The van der Waals surface area contributed by atoms with Crippen molar-refractivity contribution in [1.82, 2.24) is 9.97 Å². The highest BCUT2D eigenvalue weighted by atomic mass is 32.1. The van der Waals surface area contributed by atoms with Crippen molar-refractivity contribution in [3.63, 3.8) is 0 Å². The molecule has 3 rings (SSSR count). The number of thiophene rings is 1. The average molecular weight is 263 g/mol. The molecule has 0 spiro atoms. The van der Waals surface area contributed by atoms with E-state index in [-0.39, 0.29) is 0 Å². The van der Waals surface area contributed by atoms with Crippen LogP contribution in [0.25, 0.3) is 10.2 Å². The van der Waals surface area contributed by atoms with Gasteiger partial charge in [-0.05, 0) is 36.6 Å². The SMILES string of the molecule is c1nc(NCCCOCC2CC2)c2ccsc2n1. The van der Waals surface area contributed by atoms with E-state index in [1.54, 1.807) is 17.7 Å². The molecule has 1 aliphatic rings. The Labute approximate surface area is 110 Å². The number of hydrogen-bond donors (Lipinski definition) is 1. The van der Waals surface area contributed by atoms with Gasteiger partial charge in [0.15, 0.2) is 0 Å². The Morgan fingerprint density at radius 2 is 2.33 bits per heavy atom. The topological polar surface area (TPSA) is 47.0 Å². The highest BCUT2D eigenvalue weighted by Crippen LogP contribution is 2.28. The Hall–Kier alpha value is -1.20. The first-order chi connectivity index (χ1) is 8.93. The Morgan fingerprint density at radius 1 is 1.39 bits per heavy atom. The summed E-state index contributed by atoms with van der Waals surface area (Å²) >= 11 is 1.64. The monoisotopic (exact) mass is 263 g/mol. The quantitative estimate of drug-likeness (QED) is 0.780. The van der Waals surface area contributed by atoms with Gasteiger partial charge in [-0.25, -0.2) is 9.97 Å². The van der Waals surface area contributed by atoms with E-state index in [0.29, 0.717) is 0 Å². The Balaban J connectivity index is 1.43. The molecular formula is C13H17N3OS. The molecule has 0 aromatic carbocycles. The molecule has 1 fully saturated rings. The van der Waals surface area contributed by atoms with Gasteiger partial charge in [0.2, 0.25) is 0 Å². The number of aromatic nitrogens is 2. The van der Waals surface area contributed by atoms with Gasteiger partial charge >= 0.3 is 0 Å². The molecule has 2 aromatic heterocycles. The number of rotatable bonds is 7. The highest BCUT2D eigenvalue weighted by Gasteiger charge is 2.20. The molecule has 0 aliphatic heterocycles. The molecule has 0 saturated heterocycles. The van der Waals surface area contributed by atoms with E-state index in [9.17, 15) is 0 Å². The van der Waals surface area contributed by atoms with Gasteiger partial charge in [0, 0.05) is 19.8 Å². The summed E-state index contributed by atoms with van der Waals surface area (Å²) in [6.45, 7) is 2.68. The van der Waals surface area contributed by atoms with E-state index in [0.717, 1.165) is 48.1 Å². The van der Waals surface area contributed by atoms with Crippen LogP contribution in [0.3, 0.4) is 0 Å². The van der Waals surface area contributed by atoms with Crippen molar-refractivity contribution in [3.05, 3.63) is 17.8 Å². The predicted molar refractivity (Wildman–Crippen MR) is 74.1 cm³/mol. The van der Waals surface area contributed by atoms with Crippen LogP contribution in [-0.4, -0.2) is 29.7 Å². The Morgan fingerprint density at radius 3 is 3.22 bits per heavy atom. The largest absolute Gasteiger partial charge is 0.381 e. The van der Waals surface area contributed by atoms with Crippen LogP contribution < -0.4 is 5.32 Å². The van der Waals surface area contributed by atoms with Gasteiger partial charge in [0.25, 0.3) is 0 Å². The summed E-state index contributed by atoms with van der Waals surface area (Å²) in [4.78, 5) is 9.55. The van der Waals surface area contributed by atoms with Crippen molar-refractivity contribution in [2.75, 3.05) is 25.1 Å². The minimum Gasteiger partial charge on any atom is -0.381 e. The molecule has 4 nitrogen and oxygen atoms in total. The third kappa shape index (κ3) is 2.97. The van der Waals surface area contributed by atoms with Crippen molar-refractivity contribution < 1.29 is 4.74 Å². The lowest BCUT2D eigenvalue weighted by atomic mass is 10.3. The fourth-order valence-corrected chi connectivity index (χ4v) is 2.58. The lowest BCUT2D eigenvalue weighted by Gasteiger charge is -2.06. The Bertz CT molecular complexity index is 510. The molecule has 0 atom stereocenters.